The van der Waals surface area contributed by atoms with Gasteiger partial charge in [0.15, 0.2) is 0 Å². The minimum absolute atomic E-state index is 0.0289. The van der Waals surface area contributed by atoms with Gasteiger partial charge in [-0.3, -0.25) is 19.2 Å². The van der Waals surface area contributed by atoms with E-state index in [1.165, 1.54) is 0 Å². The molecule has 0 aliphatic carbocycles. The highest BCUT2D eigenvalue weighted by Crippen LogP contribution is 2.03. The molecule has 5 N–H and O–H groups in total. The van der Waals surface area contributed by atoms with Crippen LogP contribution in [0.15, 0.2) is 0 Å². The number of amides is 3. The van der Waals surface area contributed by atoms with E-state index in [4.69, 9.17) is 16.6 Å². The molecule has 0 unspecified atom stereocenters. The molecule has 0 rings (SSSR count). The van der Waals surface area contributed by atoms with Crippen molar-refractivity contribution >= 4 is 23.7 Å². The van der Waals surface area contributed by atoms with E-state index in [2.05, 4.69) is 0 Å². The van der Waals surface area contributed by atoms with Crippen molar-refractivity contribution in [2.24, 2.45) is 11.5 Å². The molecule has 0 atom stereocenters. The predicted molar refractivity (Wildman–Crippen MR) is 61.1 cm³/mol. The average molecular weight is 259 g/mol. The second kappa shape index (κ2) is 8.04. The highest BCUT2D eigenvalue weighted by molar-refractivity contribution is 5.88. The molecule has 0 aromatic carbocycles. The first-order valence-corrected chi connectivity index (χ1v) is 5.39. The molecule has 3 amide bonds. The van der Waals surface area contributed by atoms with E-state index in [0.717, 1.165) is 4.90 Å². The summed E-state index contributed by atoms with van der Waals surface area (Å²) in [4.78, 5) is 44.3. The Morgan fingerprint density at radius 1 is 0.889 bits per heavy atom. The minimum Gasteiger partial charge on any atom is -0.481 e. The minimum atomic E-state index is -0.937. The third-order valence-electron chi connectivity index (χ3n) is 2.08. The molecule has 0 spiro atoms. The number of carboxylic acid groups (broad SMARTS) is 1. The monoisotopic (exact) mass is 259 g/mol. The Morgan fingerprint density at radius 3 is 1.72 bits per heavy atom. The summed E-state index contributed by atoms with van der Waals surface area (Å²) in [5.41, 5.74) is 9.88. The molecule has 0 fully saturated rings. The Kier molecular flexibility index (Phi) is 7.10. The summed E-state index contributed by atoms with van der Waals surface area (Å²) in [6, 6.07) is 0. The van der Waals surface area contributed by atoms with Crippen LogP contribution >= 0.6 is 0 Å². The lowest BCUT2D eigenvalue weighted by molar-refractivity contribution is -0.138. The van der Waals surface area contributed by atoms with E-state index in [0.29, 0.717) is 12.8 Å². The van der Waals surface area contributed by atoms with Crippen molar-refractivity contribution in [1.29, 1.82) is 0 Å². The van der Waals surface area contributed by atoms with E-state index < -0.39 is 23.7 Å². The molecular weight excluding hydrogens is 242 g/mol. The number of carboxylic acids is 1. The number of hydrogen-bond acceptors (Lipinski definition) is 4. The van der Waals surface area contributed by atoms with Gasteiger partial charge >= 0.3 is 5.97 Å². The van der Waals surface area contributed by atoms with Gasteiger partial charge in [-0.2, -0.15) is 0 Å². The molecule has 0 heterocycles. The first kappa shape index (κ1) is 15.9. The Morgan fingerprint density at radius 2 is 1.33 bits per heavy atom. The SMILES string of the molecule is NC(=O)CN(CC(N)=O)C(=O)CCCCC(=O)O. The number of carbonyl (C=O) groups is 4. The second-order valence-corrected chi connectivity index (χ2v) is 3.78. The Hall–Kier alpha value is -2.12. The van der Waals surface area contributed by atoms with Crippen molar-refractivity contribution in [3.8, 4) is 0 Å². The summed E-state index contributed by atoms with van der Waals surface area (Å²) in [7, 11) is 0. The summed E-state index contributed by atoms with van der Waals surface area (Å²) >= 11 is 0. The highest BCUT2D eigenvalue weighted by atomic mass is 16.4. The number of nitrogens with zero attached hydrogens (tertiary/aromatic N) is 1. The molecule has 0 radical (unpaired) electrons. The van der Waals surface area contributed by atoms with E-state index in [1.54, 1.807) is 0 Å². The molecule has 0 aromatic rings. The summed E-state index contributed by atoms with van der Waals surface area (Å²) in [5, 5.41) is 8.41. The lowest BCUT2D eigenvalue weighted by Crippen LogP contribution is -2.43. The van der Waals surface area contributed by atoms with Gasteiger partial charge in [-0.25, -0.2) is 0 Å². The van der Waals surface area contributed by atoms with Gasteiger partial charge in [0.2, 0.25) is 17.7 Å². The first-order valence-electron chi connectivity index (χ1n) is 5.39. The predicted octanol–water partition coefficient (Wildman–Crippen LogP) is -1.57. The van der Waals surface area contributed by atoms with Crippen LogP contribution in [0.4, 0.5) is 0 Å². The van der Waals surface area contributed by atoms with Crippen LogP contribution in [0.5, 0.6) is 0 Å². The fourth-order valence-electron chi connectivity index (χ4n) is 1.32. The van der Waals surface area contributed by atoms with Gasteiger partial charge in [-0.05, 0) is 12.8 Å². The molecule has 0 saturated heterocycles. The van der Waals surface area contributed by atoms with Crippen molar-refractivity contribution in [2.75, 3.05) is 13.1 Å². The van der Waals surface area contributed by atoms with Crippen LogP contribution in [-0.2, 0) is 19.2 Å². The van der Waals surface area contributed by atoms with Gasteiger partial charge in [0.1, 0.15) is 0 Å². The van der Waals surface area contributed by atoms with Crippen molar-refractivity contribution < 1.29 is 24.3 Å². The molecule has 8 nitrogen and oxygen atoms in total. The maximum Gasteiger partial charge on any atom is 0.303 e. The molecule has 102 valence electrons. The van der Waals surface area contributed by atoms with Crippen LogP contribution in [0.1, 0.15) is 25.7 Å². The normalized spacial score (nSPS) is 9.78. The zero-order valence-electron chi connectivity index (χ0n) is 9.92. The largest absolute Gasteiger partial charge is 0.481 e. The molecule has 0 aromatic heterocycles. The van der Waals surface area contributed by atoms with Crippen LogP contribution in [0.25, 0.3) is 0 Å². The fourth-order valence-corrected chi connectivity index (χ4v) is 1.32. The van der Waals surface area contributed by atoms with Crippen molar-refractivity contribution in [2.45, 2.75) is 25.7 Å². The summed E-state index contributed by atoms with van der Waals surface area (Å²) in [5.74, 6) is -2.86. The Balaban J connectivity index is 4.16. The van der Waals surface area contributed by atoms with Crippen molar-refractivity contribution in [1.82, 2.24) is 4.90 Å². The number of carbonyl (C=O) groups excluding carboxylic acids is 3. The van der Waals surface area contributed by atoms with Crippen molar-refractivity contribution in [3.63, 3.8) is 0 Å². The molecular formula is C10H17N3O5. The molecule has 0 aliphatic rings. The quantitative estimate of drug-likeness (QED) is 0.428. The number of rotatable bonds is 9. The standard InChI is InChI=1S/C10H17N3O5/c11-7(14)5-13(6-8(12)15)9(16)3-1-2-4-10(17)18/h1-6H2,(H2,11,14)(H2,12,15)(H,17,18). The topological polar surface area (TPSA) is 144 Å². The van der Waals surface area contributed by atoms with E-state index >= 15 is 0 Å². The maximum absolute atomic E-state index is 11.6. The average Bonchev–Trinajstić information content (AvgIpc) is 2.21. The number of unbranched alkanes of at least 4 members (excludes halogenated alkanes) is 1. The van der Waals surface area contributed by atoms with Gasteiger partial charge in [-0.1, -0.05) is 0 Å². The number of hydrogen-bond donors (Lipinski definition) is 3. The van der Waals surface area contributed by atoms with Crippen LogP contribution in [0.2, 0.25) is 0 Å². The van der Waals surface area contributed by atoms with Gasteiger partial charge < -0.3 is 21.5 Å². The molecule has 8 heteroatoms. The molecule has 0 saturated carbocycles. The lowest BCUT2D eigenvalue weighted by atomic mass is 10.2. The Bertz CT molecular complexity index is 326. The third kappa shape index (κ3) is 8.08. The second-order valence-electron chi connectivity index (χ2n) is 3.78. The number of primary amides is 2. The van der Waals surface area contributed by atoms with Crippen LogP contribution in [-0.4, -0.2) is 46.8 Å². The zero-order valence-corrected chi connectivity index (χ0v) is 9.92. The first-order chi connectivity index (χ1) is 8.32. The third-order valence-corrected chi connectivity index (χ3v) is 2.08. The van der Waals surface area contributed by atoms with Gasteiger partial charge in [0.05, 0.1) is 13.1 Å². The van der Waals surface area contributed by atoms with E-state index in [-0.39, 0.29) is 25.9 Å². The number of nitrogens with two attached hydrogens (primary N) is 2. The smallest absolute Gasteiger partial charge is 0.303 e. The molecule has 18 heavy (non-hydrogen) atoms. The fraction of sp³-hybridized carbons (Fsp3) is 0.600. The van der Waals surface area contributed by atoms with Gasteiger partial charge in [0.25, 0.3) is 0 Å². The molecule has 0 aliphatic heterocycles. The maximum atomic E-state index is 11.6. The van der Waals surface area contributed by atoms with Gasteiger partial charge in [-0.15, -0.1) is 0 Å². The summed E-state index contributed by atoms with van der Waals surface area (Å²) in [6.07, 6.45) is 0.730. The van der Waals surface area contributed by atoms with Gasteiger partial charge in [0, 0.05) is 12.8 Å². The highest BCUT2D eigenvalue weighted by Gasteiger charge is 2.17. The summed E-state index contributed by atoms with van der Waals surface area (Å²) < 4.78 is 0. The zero-order chi connectivity index (χ0) is 14.1. The van der Waals surface area contributed by atoms with Crippen molar-refractivity contribution in [3.05, 3.63) is 0 Å². The van der Waals surface area contributed by atoms with Crippen LogP contribution in [0, 0.1) is 0 Å². The van der Waals surface area contributed by atoms with Crippen LogP contribution in [0.3, 0.4) is 0 Å². The van der Waals surface area contributed by atoms with Crippen LogP contribution < -0.4 is 11.5 Å². The molecule has 0 bridgehead atoms. The van der Waals surface area contributed by atoms with E-state index in [9.17, 15) is 19.2 Å². The Labute approximate surface area is 104 Å². The lowest BCUT2D eigenvalue weighted by Gasteiger charge is -2.19. The number of aliphatic carboxylic acids is 1. The summed E-state index contributed by atoms with van der Waals surface area (Å²) in [6.45, 7) is -0.749. The van der Waals surface area contributed by atoms with E-state index in [1.807, 2.05) is 0 Å².